The monoisotopic (exact) mass is 219 g/mol. The predicted molar refractivity (Wildman–Crippen MR) is 59.5 cm³/mol. The molecule has 1 atom stereocenters. The number of hydrogen-bond acceptors (Lipinski definition) is 2. The molecule has 1 aromatic rings. The van der Waals surface area contributed by atoms with Crippen LogP contribution in [-0.2, 0) is 15.0 Å². The molecule has 0 aliphatic carbocycles. The second kappa shape index (κ2) is 3.33. The maximum absolute atomic E-state index is 12.1. The van der Waals surface area contributed by atoms with Gasteiger partial charge in [-0.15, -0.1) is 0 Å². The van der Waals surface area contributed by atoms with E-state index in [2.05, 4.69) is 0 Å². The van der Waals surface area contributed by atoms with Gasteiger partial charge >= 0.3 is 5.97 Å². The molecule has 0 fully saturated rings. The molecule has 1 amide bonds. The van der Waals surface area contributed by atoms with Crippen LogP contribution in [-0.4, -0.2) is 23.5 Å². The molecule has 0 saturated carbocycles. The molecule has 1 heterocycles. The number of likely N-dealkylation sites (N-methyl/N-ethyl adjacent to an activating group) is 1. The number of amides is 1. The lowest BCUT2D eigenvalue weighted by molar-refractivity contribution is -0.147. The van der Waals surface area contributed by atoms with Crippen LogP contribution in [0, 0.1) is 0 Å². The van der Waals surface area contributed by atoms with Crippen LogP contribution in [0.25, 0.3) is 0 Å². The molecular formula is C12H13NO3. The van der Waals surface area contributed by atoms with Gasteiger partial charge in [-0.25, -0.2) is 0 Å². The number of benzene rings is 1. The van der Waals surface area contributed by atoms with Gasteiger partial charge < -0.3 is 10.0 Å². The van der Waals surface area contributed by atoms with Crippen molar-refractivity contribution in [3.8, 4) is 0 Å². The van der Waals surface area contributed by atoms with E-state index in [1.807, 2.05) is 13.0 Å². The topological polar surface area (TPSA) is 57.6 Å². The number of nitrogens with zero attached hydrogens (tertiary/aromatic N) is 1. The standard InChI is InChI=1S/C12H13NO3/c1-3-13-9-7-5-4-6-8(9)12(2,10(13)14)11(15)16/h4-7H,3H2,1-2H3,(H,15,16). The number of rotatable bonds is 2. The molecule has 4 nitrogen and oxygen atoms in total. The van der Waals surface area contributed by atoms with E-state index in [-0.39, 0.29) is 5.91 Å². The molecular weight excluding hydrogens is 206 g/mol. The summed E-state index contributed by atoms with van der Waals surface area (Å²) in [6, 6.07) is 7.05. The van der Waals surface area contributed by atoms with E-state index >= 15 is 0 Å². The molecule has 0 spiro atoms. The molecule has 4 heteroatoms. The van der Waals surface area contributed by atoms with Crippen LogP contribution in [0.5, 0.6) is 0 Å². The molecule has 0 saturated heterocycles. The highest BCUT2D eigenvalue weighted by molar-refractivity contribution is 6.19. The van der Waals surface area contributed by atoms with Crippen molar-refractivity contribution in [2.45, 2.75) is 19.3 Å². The maximum Gasteiger partial charge on any atom is 0.323 e. The minimum Gasteiger partial charge on any atom is -0.480 e. The van der Waals surface area contributed by atoms with Crippen molar-refractivity contribution < 1.29 is 14.7 Å². The third kappa shape index (κ3) is 1.10. The van der Waals surface area contributed by atoms with Gasteiger partial charge in [0, 0.05) is 17.8 Å². The van der Waals surface area contributed by atoms with Crippen molar-refractivity contribution in [1.82, 2.24) is 0 Å². The van der Waals surface area contributed by atoms with Crippen molar-refractivity contribution in [1.29, 1.82) is 0 Å². The minimum absolute atomic E-state index is 0.358. The summed E-state index contributed by atoms with van der Waals surface area (Å²) >= 11 is 0. The predicted octanol–water partition coefficient (Wildman–Crippen LogP) is 1.40. The molecule has 1 aromatic carbocycles. The quantitative estimate of drug-likeness (QED) is 0.765. The Hall–Kier alpha value is -1.84. The first-order valence-corrected chi connectivity index (χ1v) is 5.18. The van der Waals surface area contributed by atoms with Crippen LogP contribution < -0.4 is 4.90 Å². The number of aliphatic carboxylic acids is 1. The number of fused-ring (bicyclic) bond motifs is 1. The minimum atomic E-state index is -1.44. The maximum atomic E-state index is 12.1. The average molecular weight is 219 g/mol. The van der Waals surface area contributed by atoms with E-state index in [9.17, 15) is 14.7 Å². The summed E-state index contributed by atoms with van der Waals surface area (Å²) < 4.78 is 0. The number of carbonyl (C=O) groups is 2. The molecule has 0 radical (unpaired) electrons. The lowest BCUT2D eigenvalue weighted by atomic mass is 9.84. The molecule has 84 valence electrons. The normalized spacial score (nSPS) is 23.4. The Morgan fingerprint density at radius 1 is 1.44 bits per heavy atom. The first-order chi connectivity index (χ1) is 7.53. The second-order valence-electron chi connectivity index (χ2n) is 4.00. The SMILES string of the molecule is CCN1C(=O)C(C)(C(=O)O)c2ccccc21. The fourth-order valence-corrected chi connectivity index (χ4v) is 2.15. The van der Waals surface area contributed by atoms with Crippen molar-refractivity contribution in [2.24, 2.45) is 0 Å². The number of hydrogen-bond donors (Lipinski definition) is 1. The number of para-hydroxylation sites is 1. The highest BCUT2D eigenvalue weighted by atomic mass is 16.4. The molecule has 1 aliphatic rings. The molecule has 0 aromatic heterocycles. The Morgan fingerprint density at radius 2 is 2.06 bits per heavy atom. The number of carboxylic acid groups (broad SMARTS) is 1. The summed E-state index contributed by atoms with van der Waals surface area (Å²) in [5.41, 5.74) is -0.152. The fraction of sp³-hybridized carbons (Fsp3) is 0.333. The lowest BCUT2D eigenvalue weighted by Crippen LogP contribution is -2.43. The zero-order valence-corrected chi connectivity index (χ0v) is 9.23. The molecule has 1 unspecified atom stereocenters. The molecule has 16 heavy (non-hydrogen) atoms. The van der Waals surface area contributed by atoms with Crippen molar-refractivity contribution in [3.63, 3.8) is 0 Å². The van der Waals surface area contributed by atoms with Crippen molar-refractivity contribution in [3.05, 3.63) is 29.8 Å². The highest BCUT2D eigenvalue weighted by Crippen LogP contribution is 2.41. The Kier molecular flexibility index (Phi) is 2.22. The number of carboxylic acids is 1. The van der Waals surface area contributed by atoms with Crippen LogP contribution >= 0.6 is 0 Å². The van der Waals surface area contributed by atoms with Gasteiger partial charge in [0.05, 0.1) is 0 Å². The summed E-state index contributed by atoms with van der Waals surface area (Å²) in [4.78, 5) is 24.9. The summed E-state index contributed by atoms with van der Waals surface area (Å²) in [7, 11) is 0. The summed E-state index contributed by atoms with van der Waals surface area (Å²) in [6.45, 7) is 3.78. The first kappa shape index (κ1) is 10.7. The van der Waals surface area contributed by atoms with E-state index in [1.54, 1.807) is 18.2 Å². The zero-order chi connectivity index (χ0) is 11.9. The molecule has 1 N–H and O–H groups in total. The van der Waals surface area contributed by atoms with Gasteiger partial charge in [-0.05, 0) is 19.9 Å². The summed E-state index contributed by atoms with van der Waals surface area (Å²) in [5.74, 6) is -1.45. The van der Waals surface area contributed by atoms with Crippen LogP contribution in [0.4, 0.5) is 5.69 Å². The largest absolute Gasteiger partial charge is 0.480 e. The highest BCUT2D eigenvalue weighted by Gasteiger charge is 2.52. The van der Waals surface area contributed by atoms with Gasteiger partial charge in [-0.3, -0.25) is 9.59 Å². The van der Waals surface area contributed by atoms with Gasteiger partial charge in [0.25, 0.3) is 0 Å². The average Bonchev–Trinajstić information content (AvgIpc) is 2.50. The van der Waals surface area contributed by atoms with E-state index in [0.29, 0.717) is 17.8 Å². The summed E-state index contributed by atoms with van der Waals surface area (Å²) in [5, 5.41) is 9.26. The van der Waals surface area contributed by atoms with Crippen LogP contribution in [0.15, 0.2) is 24.3 Å². The first-order valence-electron chi connectivity index (χ1n) is 5.18. The fourth-order valence-electron chi connectivity index (χ4n) is 2.15. The Bertz CT molecular complexity index is 469. The van der Waals surface area contributed by atoms with Crippen molar-refractivity contribution >= 4 is 17.6 Å². The van der Waals surface area contributed by atoms with Crippen LogP contribution in [0.3, 0.4) is 0 Å². The lowest BCUT2D eigenvalue weighted by Gasteiger charge is -2.18. The van der Waals surface area contributed by atoms with E-state index in [4.69, 9.17) is 0 Å². The summed E-state index contributed by atoms with van der Waals surface area (Å²) in [6.07, 6.45) is 0. The molecule has 1 aliphatic heterocycles. The van der Waals surface area contributed by atoms with Gasteiger partial charge in [0.15, 0.2) is 5.41 Å². The van der Waals surface area contributed by atoms with E-state index in [0.717, 1.165) is 0 Å². The smallest absolute Gasteiger partial charge is 0.323 e. The van der Waals surface area contributed by atoms with Crippen molar-refractivity contribution in [2.75, 3.05) is 11.4 Å². The third-order valence-electron chi connectivity index (χ3n) is 3.15. The third-order valence-corrected chi connectivity index (χ3v) is 3.15. The van der Waals surface area contributed by atoms with E-state index < -0.39 is 11.4 Å². The molecule has 2 rings (SSSR count). The van der Waals surface area contributed by atoms with Gasteiger partial charge in [-0.1, -0.05) is 18.2 Å². The number of carbonyl (C=O) groups excluding carboxylic acids is 1. The Balaban J connectivity index is 2.68. The van der Waals surface area contributed by atoms with Gasteiger partial charge in [-0.2, -0.15) is 0 Å². The number of anilines is 1. The Labute approximate surface area is 93.5 Å². The van der Waals surface area contributed by atoms with Gasteiger partial charge in [0.2, 0.25) is 5.91 Å². The second-order valence-corrected chi connectivity index (χ2v) is 4.00. The van der Waals surface area contributed by atoms with Crippen LogP contribution in [0.1, 0.15) is 19.4 Å². The van der Waals surface area contributed by atoms with Gasteiger partial charge in [0.1, 0.15) is 0 Å². The molecule has 0 bridgehead atoms. The van der Waals surface area contributed by atoms with Crippen LogP contribution in [0.2, 0.25) is 0 Å². The Morgan fingerprint density at radius 3 is 2.62 bits per heavy atom. The van der Waals surface area contributed by atoms with E-state index in [1.165, 1.54) is 11.8 Å². The zero-order valence-electron chi connectivity index (χ0n) is 9.23.